The van der Waals surface area contributed by atoms with E-state index in [0.29, 0.717) is 25.4 Å². The fraction of sp³-hybridized carbons (Fsp3) is 0.600. The van der Waals surface area contributed by atoms with Crippen molar-refractivity contribution in [1.82, 2.24) is 15.5 Å². The van der Waals surface area contributed by atoms with Crippen molar-refractivity contribution in [2.24, 2.45) is 11.8 Å². The van der Waals surface area contributed by atoms with Gasteiger partial charge in [0.05, 0.1) is 12.0 Å². The van der Waals surface area contributed by atoms with Crippen LogP contribution in [-0.4, -0.2) is 42.9 Å². The van der Waals surface area contributed by atoms with Gasteiger partial charge in [-0.2, -0.15) is 0 Å². The van der Waals surface area contributed by atoms with Gasteiger partial charge in [0.1, 0.15) is 0 Å². The molecule has 2 heterocycles. The van der Waals surface area contributed by atoms with Crippen LogP contribution in [0.4, 0.5) is 0 Å². The average Bonchev–Trinajstić information content (AvgIpc) is 3.04. The maximum Gasteiger partial charge on any atom is 0.225 e. The van der Waals surface area contributed by atoms with Gasteiger partial charge in [-0.3, -0.25) is 9.59 Å². The number of nitrogens with zero attached hydrogens (tertiary/aromatic N) is 1. The largest absolute Gasteiger partial charge is 0.356 e. The van der Waals surface area contributed by atoms with Crippen LogP contribution in [0.2, 0.25) is 0 Å². The summed E-state index contributed by atoms with van der Waals surface area (Å²) < 4.78 is 0. The molecule has 0 spiro atoms. The molecule has 25 heavy (non-hydrogen) atoms. The summed E-state index contributed by atoms with van der Waals surface area (Å²) in [5.41, 5.74) is 1.11. The summed E-state index contributed by atoms with van der Waals surface area (Å²) in [6.45, 7) is 5.43. The first-order valence-electron chi connectivity index (χ1n) is 9.48. The number of hydrogen-bond donors (Lipinski definition) is 2. The molecule has 5 heteroatoms. The van der Waals surface area contributed by atoms with Crippen molar-refractivity contribution in [3.05, 3.63) is 35.9 Å². The standard InChI is InChI=1S/C20H29N3O2/c1-15(17-7-3-2-4-8-17)23-14-18(12-19(23)24)20(25)22-11-9-16-6-5-10-21-13-16/h2-4,7-8,15-16,18,21H,5-6,9-14H2,1H3,(H,22,25). The van der Waals surface area contributed by atoms with E-state index >= 15 is 0 Å². The van der Waals surface area contributed by atoms with E-state index in [1.807, 2.05) is 42.2 Å². The van der Waals surface area contributed by atoms with Gasteiger partial charge in [-0.15, -0.1) is 0 Å². The third-order valence-electron chi connectivity index (χ3n) is 5.53. The third kappa shape index (κ3) is 4.60. The van der Waals surface area contributed by atoms with Gasteiger partial charge < -0.3 is 15.5 Å². The second kappa shape index (κ2) is 8.48. The van der Waals surface area contributed by atoms with Gasteiger partial charge in [-0.25, -0.2) is 0 Å². The summed E-state index contributed by atoms with van der Waals surface area (Å²) in [7, 11) is 0. The van der Waals surface area contributed by atoms with Crippen molar-refractivity contribution in [2.45, 2.75) is 38.6 Å². The summed E-state index contributed by atoms with van der Waals surface area (Å²) >= 11 is 0. The highest BCUT2D eigenvalue weighted by atomic mass is 16.2. The lowest BCUT2D eigenvalue weighted by molar-refractivity contribution is -0.130. The Hall–Kier alpha value is -1.88. The molecule has 0 bridgehead atoms. The zero-order chi connectivity index (χ0) is 17.6. The lowest BCUT2D eigenvalue weighted by atomic mass is 9.96. The van der Waals surface area contributed by atoms with Gasteiger partial charge in [-0.1, -0.05) is 30.3 Å². The second-order valence-corrected chi connectivity index (χ2v) is 7.33. The molecule has 2 saturated heterocycles. The minimum absolute atomic E-state index is 0.0137. The molecule has 1 aromatic carbocycles. The number of nitrogens with one attached hydrogen (secondary N) is 2. The van der Waals surface area contributed by atoms with E-state index in [4.69, 9.17) is 0 Å². The summed E-state index contributed by atoms with van der Waals surface area (Å²) in [6.07, 6.45) is 3.81. The summed E-state index contributed by atoms with van der Waals surface area (Å²) in [6, 6.07) is 10.0. The van der Waals surface area contributed by atoms with Crippen molar-refractivity contribution in [1.29, 1.82) is 0 Å². The van der Waals surface area contributed by atoms with Crippen LogP contribution in [0.25, 0.3) is 0 Å². The monoisotopic (exact) mass is 343 g/mol. The summed E-state index contributed by atoms with van der Waals surface area (Å²) in [5.74, 6) is 0.546. The number of carbonyl (C=O) groups is 2. The molecular weight excluding hydrogens is 314 g/mol. The zero-order valence-electron chi connectivity index (χ0n) is 15.0. The second-order valence-electron chi connectivity index (χ2n) is 7.33. The maximum atomic E-state index is 12.4. The van der Waals surface area contributed by atoms with Crippen LogP contribution in [0.3, 0.4) is 0 Å². The molecule has 0 radical (unpaired) electrons. The van der Waals surface area contributed by atoms with Gasteiger partial charge in [0, 0.05) is 19.5 Å². The third-order valence-corrected chi connectivity index (χ3v) is 5.53. The lowest BCUT2D eigenvalue weighted by Gasteiger charge is -2.25. The molecule has 3 rings (SSSR count). The first-order valence-corrected chi connectivity index (χ1v) is 9.48. The Morgan fingerprint density at radius 1 is 1.36 bits per heavy atom. The highest BCUT2D eigenvalue weighted by molar-refractivity contribution is 5.89. The van der Waals surface area contributed by atoms with E-state index in [1.54, 1.807) is 0 Å². The van der Waals surface area contributed by atoms with Gasteiger partial charge in [0.2, 0.25) is 11.8 Å². The quantitative estimate of drug-likeness (QED) is 0.831. The Kier molecular flexibility index (Phi) is 6.08. The fourth-order valence-corrected chi connectivity index (χ4v) is 3.91. The van der Waals surface area contributed by atoms with Crippen molar-refractivity contribution < 1.29 is 9.59 Å². The van der Waals surface area contributed by atoms with Gasteiger partial charge in [0.25, 0.3) is 0 Å². The van der Waals surface area contributed by atoms with Crippen LogP contribution in [0, 0.1) is 11.8 Å². The molecule has 2 aliphatic rings. The molecule has 0 aromatic heterocycles. The SMILES string of the molecule is CC(c1ccccc1)N1CC(C(=O)NCCC2CCCNC2)CC1=O. The Morgan fingerprint density at radius 3 is 2.88 bits per heavy atom. The molecular formula is C20H29N3O2. The van der Waals surface area contributed by atoms with Crippen LogP contribution in [0.15, 0.2) is 30.3 Å². The van der Waals surface area contributed by atoms with E-state index < -0.39 is 0 Å². The predicted octanol–water partition coefficient (Wildman–Crippen LogP) is 2.10. The molecule has 3 unspecified atom stereocenters. The van der Waals surface area contributed by atoms with Crippen molar-refractivity contribution >= 4 is 11.8 Å². The van der Waals surface area contributed by atoms with Gasteiger partial charge >= 0.3 is 0 Å². The Labute approximate surface area is 150 Å². The normalized spacial score (nSPS) is 25.0. The van der Waals surface area contributed by atoms with E-state index in [0.717, 1.165) is 25.1 Å². The first kappa shape index (κ1) is 17.9. The molecule has 3 atom stereocenters. The molecule has 0 saturated carbocycles. The molecule has 136 valence electrons. The molecule has 2 aliphatic heterocycles. The average molecular weight is 343 g/mol. The first-order chi connectivity index (χ1) is 12.1. The summed E-state index contributed by atoms with van der Waals surface area (Å²) in [5, 5.41) is 6.45. The molecule has 2 fully saturated rings. The molecule has 5 nitrogen and oxygen atoms in total. The van der Waals surface area contributed by atoms with Crippen LogP contribution in [0.5, 0.6) is 0 Å². The van der Waals surface area contributed by atoms with Crippen molar-refractivity contribution in [3.63, 3.8) is 0 Å². The topological polar surface area (TPSA) is 61.4 Å². The highest BCUT2D eigenvalue weighted by Gasteiger charge is 2.36. The van der Waals surface area contributed by atoms with E-state index in [1.165, 1.54) is 12.8 Å². The molecule has 2 amide bonds. The maximum absolute atomic E-state index is 12.4. The number of hydrogen-bond acceptors (Lipinski definition) is 3. The number of rotatable bonds is 6. The van der Waals surface area contributed by atoms with Crippen LogP contribution in [-0.2, 0) is 9.59 Å². The Bertz CT molecular complexity index is 584. The minimum atomic E-state index is -0.219. The van der Waals surface area contributed by atoms with Gasteiger partial charge in [-0.05, 0) is 50.8 Å². The van der Waals surface area contributed by atoms with Crippen LogP contribution >= 0.6 is 0 Å². The number of carbonyl (C=O) groups excluding carboxylic acids is 2. The zero-order valence-corrected chi connectivity index (χ0v) is 15.0. The molecule has 1 aromatic rings. The Morgan fingerprint density at radius 2 is 2.16 bits per heavy atom. The molecule has 2 N–H and O–H groups in total. The fourth-order valence-electron chi connectivity index (χ4n) is 3.91. The number of piperidine rings is 1. The van der Waals surface area contributed by atoms with Crippen molar-refractivity contribution in [2.75, 3.05) is 26.2 Å². The van der Waals surface area contributed by atoms with Crippen LogP contribution in [0.1, 0.15) is 44.2 Å². The molecule has 0 aliphatic carbocycles. The van der Waals surface area contributed by atoms with Crippen LogP contribution < -0.4 is 10.6 Å². The van der Waals surface area contributed by atoms with E-state index in [2.05, 4.69) is 10.6 Å². The van der Waals surface area contributed by atoms with Gasteiger partial charge in [0.15, 0.2) is 0 Å². The van der Waals surface area contributed by atoms with Crippen molar-refractivity contribution in [3.8, 4) is 0 Å². The number of benzene rings is 1. The Balaban J connectivity index is 1.47. The highest BCUT2D eigenvalue weighted by Crippen LogP contribution is 2.28. The summed E-state index contributed by atoms with van der Waals surface area (Å²) in [4.78, 5) is 26.6. The van der Waals surface area contributed by atoms with E-state index in [9.17, 15) is 9.59 Å². The predicted molar refractivity (Wildman–Crippen MR) is 97.9 cm³/mol. The van der Waals surface area contributed by atoms with E-state index in [-0.39, 0.29) is 23.8 Å². The smallest absolute Gasteiger partial charge is 0.225 e. The minimum Gasteiger partial charge on any atom is -0.356 e. The lowest BCUT2D eigenvalue weighted by Crippen LogP contribution is -2.36. The number of amides is 2. The number of likely N-dealkylation sites (tertiary alicyclic amines) is 1.